The van der Waals surface area contributed by atoms with Gasteiger partial charge in [-0.25, -0.2) is 19.7 Å². The summed E-state index contributed by atoms with van der Waals surface area (Å²) in [5.74, 6) is -0.817. The van der Waals surface area contributed by atoms with Gasteiger partial charge in [0.25, 0.3) is 0 Å². The maximum atomic E-state index is 11.4. The van der Waals surface area contributed by atoms with Gasteiger partial charge in [0.2, 0.25) is 0 Å². The molecule has 2 aromatic heterocycles. The summed E-state index contributed by atoms with van der Waals surface area (Å²) in [5.41, 5.74) is 6.62. The molecule has 0 aromatic carbocycles. The van der Waals surface area contributed by atoms with Crippen molar-refractivity contribution in [3.8, 4) is 6.07 Å². The zero-order valence-electron chi connectivity index (χ0n) is 10.3. The molecule has 96 valence electrons. The van der Waals surface area contributed by atoms with Gasteiger partial charge in [-0.1, -0.05) is 0 Å². The number of rotatable bonds is 2. The lowest BCUT2D eigenvalue weighted by atomic mass is 10.1. The minimum atomic E-state index is -0.817. The number of aryl methyl sites for hydroxylation is 1. The normalized spacial score (nSPS) is 11.8. The zero-order chi connectivity index (χ0) is 14.0. The number of imidazole rings is 1. The topological polar surface area (TPSA) is 120 Å². The first-order valence-electron chi connectivity index (χ1n) is 5.20. The fourth-order valence-electron chi connectivity index (χ4n) is 1.58. The van der Waals surface area contributed by atoms with Gasteiger partial charge in [0.05, 0.1) is 19.1 Å². The largest absolute Gasteiger partial charge is 0.465 e. The van der Waals surface area contributed by atoms with Crippen LogP contribution < -0.4 is 5.73 Å². The Labute approximate surface area is 108 Å². The van der Waals surface area contributed by atoms with Gasteiger partial charge in [-0.3, -0.25) is 0 Å². The van der Waals surface area contributed by atoms with Gasteiger partial charge < -0.3 is 15.0 Å². The van der Waals surface area contributed by atoms with E-state index in [1.54, 1.807) is 24.0 Å². The Morgan fingerprint density at radius 1 is 1.47 bits per heavy atom. The van der Waals surface area contributed by atoms with Crippen molar-refractivity contribution in [1.29, 1.82) is 5.26 Å². The van der Waals surface area contributed by atoms with E-state index in [1.807, 2.05) is 0 Å². The van der Waals surface area contributed by atoms with Crippen LogP contribution in [-0.2, 0) is 16.6 Å². The third-order valence-electron chi connectivity index (χ3n) is 2.52. The van der Waals surface area contributed by atoms with Crippen molar-refractivity contribution in [2.45, 2.75) is 0 Å². The fourth-order valence-corrected chi connectivity index (χ4v) is 1.58. The van der Waals surface area contributed by atoms with E-state index in [-0.39, 0.29) is 17.0 Å². The molecule has 8 heteroatoms. The van der Waals surface area contributed by atoms with Crippen LogP contribution in [0.25, 0.3) is 16.9 Å². The molecule has 0 aliphatic rings. The lowest BCUT2D eigenvalue weighted by molar-refractivity contribution is -0.135. The van der Waals surface area contributed by atoms with Crippen molar-refractivity contribution < 1.29 is 9.53 Å². The standard InChI is InChI=1S/C11H10N6O2/c1-17-5-16-9-8(14-4-15-10(9)17)7(13)6(3-12)11(18)19-2/h4-5H,13H2,1-2H3/b7-6+. The number of carbonyl (C=O) groups is 1. The van der Waals surface area contributed by atoms with Crippen LogP contribution in [0.3, 0.4) is 0 Å². The lowest BCUT2D eigenvalue weighted by Crippen LogP contribution is -2.12. The van der Waals surface area contributed by atoms with Gasteiger partial charge in [-0.2, -0.15) is 5.26 Å². The number of esters is 1. The number of fused-ring (bicyclic) bond motifs is 1. The Morgan fingerprint density at radius 2 is 2.21 bits per heavy atom. The minimum absolute atomic E-state index is 0.0829. The number of nitriles is 1. The van der Waals surface area contributed by atoms with Gasteiger partial charge >= 0.3 is 5.97 Å². The first-order valence-corrected chi connectivity index (χ1v) is 5.20. The smallest absolute Gasteiger partial charge is 0.350 e. The molecule has 8 nitrogen and oxygen atoms in total. The van der Waals surface area contributed by atoms with Gasteiger partial charge in [0.1, 0.15) is 23.6 Å². The van der Waals surface area contributed by atoms with Crippen LogP contribution >= 0.6 is 0 Å². The maximum absolute atomic E-state index is 11.4. The molecule has 0 bridgehead atoms. The van der Waals surface area contributed by atoms with E-state index < -0.39 is 5.97 Å². The van der Waals surface area contributed by atoms with Crippen LogP contribution in [0.5, 0.6) is 0 Å². The molecule has 0 unspecified atom stereocenters. The molecule has 2 N–H and O–H groups in total. The predicted molar refractivity (Wildman–Crippen MR) is 65.0 cm³/mol. The van der Waals surface area contributed by atoms with Crippen LogP contribution in [0.4, 0.5) is 0 Å². The number of carbonyl (C=O) groups excluding carboxylic acids is 1. The van der Waals surface area contributed by atoms with E-state index in [4.69, 9.17) is 11.0 Å². The number of nitrogens with zero attached hydrogens (tertiary/aromatic N) is 5. The number of hydrogen-bond acceptors (Lipinski definition) is 7. The van der Waals surface area contributed by atoms with Crippen LogP contribution in [-0.4, -0.2) is 32.6 Å². The van der Waals surface area contributed by atoms with E-state index >= 15 is 0 Å². The highest BCUT2D eigenvalue weighted by molar-refractivity contribution is 6.02. The van der Waals surface area contributed by atoms with Crippen molar-refractivity contribution >= 4 is 22.8 Å². The van der Waals surface area contributed by atoms with Crippen molar-refractivity contribution in [2.75, 3.05) is 7.11 Å². The zero-order valence-corrected chi connectivity index (χ0v) is 10.3. The Hall–Kier alpha value is -2.95. The first kappa shape index (κ1) is 12.5. The molecule has 0 amide bonds. The summed E-state index contributed by atoms with van der Waals surface area (Å²) in [6.07, 6.45) is 2.83. The summed E-state index contributed by atoms with van der Waals surface area (Å²) in [6, 6.07) is 1.71. The molecule has 19 heavy (non-hydrogen) atoms. The molecule has 0 atom stereocenters. The molecule has 2 heterocycles. The predicted octanol–water partition coefficient (Wildman–Crippen LogP) is -0.270. The molecule has 0 spiro atoms. The Morgan fingerprint density at radius 3 is 2.84 bits per heavy atom. The molecule has 0 fully saturated rings. The highest BCUT2D eigenvalue weighted by Gasteiger charge is 2.19. The summed E-state index contributed by atoms with van der Waals surface area (Å²) in [5, 5.41) is 8.98. The first-order chi connectivity index (χ1) is 9.10. The summed E-state index contributed by atoms with van der Waals surface area (Å²) in [4.78, 5) is 23.6. The van der Waals surface area contributed by atoms with Crippen molar-refractivity contribution in [3.05, 3.63) is 23.9 Å². The van der Waals surface area contributed by atoms with Gasteiger partial charge in [-0.15, -0.1) is 0 Å². The summed E-state index contributed by atoms with van der Waals surface area (Å²) < 4.78 is 6.17. The Bertz CT molecular complexity index is 724. The highest BCUT2D eigenvalue weighted by Crippen LogP contribution is 2.19. The number of ether oxygens (including phenoxy) is 1. The van der Waals surface area contributed by atoms with Gasteiger partial charge in [0.15, 0.2) is 11.2 Å². The third-order valence-corrected chi connectivity index (χ3v) is 2.52. The molecule has 0 saturated carbocycles. The highest BCUT2D eigenvalue weighted by atomic mass is 16.5. The SMILES string of the molecule is COC(=O)/C(C#N)=C(/N)c1ncnc2c1ncn2C. The molecular formula is C11H10N6O2. The molecule has 2 aromatic rings. The van der Waals surface area contributed by atoms with Crippen LogP contribution in [0.15, 0.2) is 18.2 Å². The number of aromatic nitrogens is 4. The van der Waals surface area contributed by atoms with E-state index in [0.29, 0.717) is 11.2 Å². The quantitative estimate of drug-likeness (QED) is 0.447. The molecule has 0 saturated heterocycles. The second kappa shape index (κ2) is 4.73. The number of methoxy groups -OCH3 is 1. The van der Waals surface area contributed by atoms with Crippen LogP contribution in [0, 0.1) is 11.3 Å². The monoisotopic (exact) mass is 258 g/mol. The molecule has 0 radical (unpaired) electrons. The summed E-state index contributed by atoms with van der Waals surface area (Å²) in [6.45, 7) is 0. The maximum Gasteiger partial charge on any atom is 0.350 e. The molecular weight excluding hydrogens is 248 g/mol. The summed E-state index contributed by atoms with van der Waals surface area (Å²) >= 11 is 0. The Kier molecular flexibility index (Phi) is 3.12. The third kappa shape index (κ3) is 1.97. The Balaban J connectivity index is 2.71. The average Bonchev–Trinajstić information content (AvgIpc) is 2.81. The molecule has 0 aliphatic heterocycles. The van der Waals surface area contributed by atoms with E-state index in [1.165, 1.54) is 13.4 Å². The fraction of sp³-hybridized carbons (Fsp3) is 0.182. The van der Waals surface area contributed by atoms with Crippen LogP contribution in [0.1, 0.15) is 5.69 Å². The van der Waals surface area contributed by atoms with E-state index in [9.17, 15) is 4.79 Å². The summed E-state index contributed by atoms with van der Waals surface area (Å²) in [7, 11) is 2.93. The minimum Gasteiger partial charge on any atom is -0.465 e. The number of hydrogen-bond donors (Lipinski definition) is 1. The lowest BCUT2D eigenvalue weighted by Gasteiger charge is -2.04. The van der Waals surface area contributed by atoms with E-state index in [0.717, 1.165) is 0 Å². The van der Waals surface area contributed by atoms with Crippen LogP contribution in [0.2, 0.25) is 0 Å². The number of nitrogens with two attached hydrogens (primary N) is 1. The van der Waals surface area contributed by atoms with Crippen molar-refractivity contribution in [2.24, 2.45) is 12.8 Å². The van der Waals surface area contributed by atoms with Crippen molar-refractivity contribution in [1.82, 2.24) is 19.5 Å². The molecule has 0 aliphatic carbocycles. The van der Waals surface area contributed by atoms with Crippen molar-refractivity contribution in [3.63, 3.8) is 0 Å². The molecule has 2 rings (SSSR count). The average molecular weight is 258 g/mol. The second-order valence-electron chi connectivity index (χ2n) is 3.64. The van der Waals surface area contributed by atoms with Gasteiger partial charge in [0, 0.05) is 7.05 Å². The van der Waals surface area contributed by atoms with Gasteiger partial charge in [-0.05, 0) is 0 Å². The second-order valence-corrected chi connectivity index (χ2v) is 3.64. The van der Waals surface area contributed by atoms with E-state index in [2.05, 4.69) is 19.7 Å².